The van der Waals surface area contributed by atoms with E-state index in [0.717, 1.165) is 0 Å². The van der Waals surface area contributed by atoms with Crippen LogP contribution in [0.2, 0.25) is 18.1 Å². The molecule has 15 heavy (non-hydrogen) atoms. The second-order valence-corrected chi connectivity index (χ2v) is 10.4. The summed E-state index contributed by atoms with van der Waals surface area (Å²) in [6.45, 7) is 13.7. The van der Waals surface area contributed by atoms with Crippen molar-refractivity contribution in [2.24, 2.45) is 0 Å². The Bertz CT molecular complexity index is 202. The molecule has 1 N–H and O–H groups in total. The molecule has 0 fully saturated rings. The van der Waals surface area contributed by atoms with E-state index in [9.17, 15) is 0 Å². The molecular formula is C12H26O2Si. The second-order valence-electron chi connectivity index (χ2n) is 5.63. The summed E-state index contributed by atoms with van der Waals surface area (Å²) in [5.41, 5.74) is 0. The van der Waals surface area contributed by atoms with Gasteiger partial charge in [0.1, 0.15) is 0 Å². The Hall–Kier alpha value is -0.123. The van der Waals surface area contributed by atoms with Crippen molar-refractivity contribution < 1.29 is 9.53 Å². The van der Waals surface area contributed by atoms with E-state index in [0.29, 0.717) is 13.0 Å². The minimum atomic E-state index is -1.60. The lowest BCUT2D eigenvalue weighted by Crippen LogP contribution is -2.40. The number of hydrogen-bond donors (Lipinski definition) is 1. The van der Waals surface area contributed by atoms with Crippen LogP contribution < -0.4 is 0 Å². The van der Waals surface area contributed by atoms with Gasteiger partial charge in [0.2, 0.25) is 0 Å². The van der Waals surface area contributed by atoms with Crippen LogP contribution in [0, 0.1) is 0 Å². The maximum atomic E-state index is 9.06. The third kappa shape index (κ3) is 6.13. The van der Waals surface area contributed by atoms with Gasteiger partial charge in [-0.15, -0.1) is 0 Å². The van der Waals surface area contributed by atoms with Crippen LogP contribution in [-0.2, 0) is 4.43 Å². The van der Waals surface area contributed by atoms with E-state index in [-0.39, 0.29) is 11.1 Å². The molecule has 0 rings (SSSR count). The molecule has 0 saturated carbocycles. The van der Waals surface area contributed by atoms with Crippen LogP contribution >= 0.6 is 0 Å². The molecule has 0 spiro atoms. The van der Waals surface area contributed by atoms with Crippen LogP contribution in [0.3, 0.4) is 0 Å². The standard InChI is InChI=1S/C12H26O2Si/c1-11(13)9-7-8-10-14-15(5,6)12(2,3)4/h7-8,11,13H,9-10H2,1-6H3/b8-7+/t11-/m0/s1. The van der Waals surface area contributed by atoms with E-state index in [2.05, 4.69) is 33.9 Å². The molecule has 3 heteroatoms. The molecule has 0 heterocycles. The summed E-state index contributed by atoms with van der Waals surface area (Å²) < 4.78 is 5.95. The largest absolute Gasteiger partial charge is 0.413 e. The number of rotatable bonds is 5. The highest BCUT2D eigenvalue weighted by Crippen LogP contribution is 2.36. The highest BCUT2D eigenvalue weighted by molar-refractivity contribution is 6.74. The van der Waals surface area contributed by atoms with E-state index in [4.69, 9.17) is 9.53 Å². The zero-order valence-electron chi connectivity index (χ0n) is 11.0. The Morgan fingerprint density at radius 1 is 1.27 bits per heavy atom. The Labute approximate surface area is 95.5 Å². The topological polar surface area (TPSA) is 29.5 Å². The van der Waals surface area contributed by atoms with Gasteiger partial charge in [0, 0.05) is 0 Å². The molecule has 0 saturated heterocycles. The number of aliphatic hydroxyl groups excluding tert-OH is 1. The second kappa shape index (κ2) is 5.82. The van der Waals surface area contributed by atoms with Gasteiger partial charge in [0.05, 0.1) is 12.7 Å². The first-order valence-corrected chi connectivity index (χ1v) is 8.54. The van der Waals surface area contributed by atoms with Crippen LogP contribution in [0.25, 0.3) is 0 Å². The Balaban J connectivity index is 3.91. The van der Waals surface area contributed by atoms with Gasteiger partial charge in [-0.25, -0.2) is 0 Å². The summed E-state index contributed by atoms with van der Waals surface area (Å²) in [4.78, 5) is 0. The molecule has 0 aliphatic heterocycles. The van der Waals surface area contributed by atoms with Gasteiger partial charge in [-0.3, -0.25) is 0 Å². The number of aliphatic hydroxyl groups is 1. The predicted molar refractivity (Wildman–Crippen MR) is 68.6 cm³/mol. The zero-order chi connectivity index (χ0) is 12.1. The van der Waals surface area contributed by atoms with Gasteiger partial charge in [-0.2, -0.15) is 0 Å². The molecule has 0 aromatic rings. The van der Waals surface area contributed by atoms with Crippen molar-refractivity contribution in [3.05, 3.63) is 12.2 Å². The van der Waals surface area contributed by atoms with Crippen molar-refractivity contribution in [1.82, 2.24) is 0 Å². The maximum absolute atomic E-state index is 9.06. The van der Waals surface area contributed by atoms with E-state index >= 15 is 0 Å². The lowest BCUT2D eigenvalue weighted by molar-refractivity contribution is 0.198. The first kappa shape index (κ1) is 14.9. The summed E-state index contributed by atoms with van der Waals surface area (Å²) in [6, 6.07) is 0. The quantitative estimate of drug-likeness (QED) is 0.580. The highest BCUT2D eigenvalue weighted by Gasteiger charge is 2.36. The smallest absolute Gasteiger partial charge is 0.192 e. The Morgan fingerprint density at radius 2 is 1.80 bits per heavy atom. The van der Waals surface area contributed by atoms with Crippen LogP contribution in [0.4, 0.5) is 0 Å². The predicted octanol–water partition coefficient (Wildman–Crippen LogP) is 3.34. The zero-order valence-corrected chi connectivity index (χ0v) is 12.0. The first-order valence-electron chi connectivity index (χ1n) is 5.64. The summed E-state index contributed by atoms with van der Waals surface area (Å²) in [5, 5.41) is 9.33. The molecule has 0 aliphatic carbocycles. The first-order chi connectivity index (χ1) is 6.67. The van der Waals surface area contributed by atoms with Gasteiger partial charge in [0.25, 0.3) is 0 Å². The van der Waals surface area contributed by atoms with Crippen LogP contribution in [0.1, 0.15) is 34.1 Å². The fourth-order valence-corrected chi connectivity index (χ4v) is 1.78. The number of hydrogen-bond acceptors (Lipinski definition) is 2. The Kier molecular flexibility index (Phi) is 5.78. The normalized spacial score (nSPS) is 15.9. The molecule has 1 atom stereocenters. The molecule has 2 nitrogen and oxygen atoms in total. The fourth-order valence-electron chi connectivity index (χ4n) is 0.834. The van der Waals surface area contributed by atoms with Crippen molar-refractivity contribution in [3.8, 4) is 0 Å². The van der Waals surface area contributed by atoms with Crippen LogP contribution in [0.5, 0.6) is 0 Å². The van der Waals surface area contributed by atoms with Gasteiger partial charge in [0.15, 0.2) is 8.32 Å². The van der Waals surface area contributed by atoms with E-state index < -0.39 is 8.32 Å². The van der Waals surface area contributed by atoms with Gasteiger partial charge < -0.3 is 9.53 Å². The minimum absolute atomic E-state index is 0.255. The van der Waals surface area contributed by atoms with Crippen molar-refractivity contribution in [2.75, 3.05) is 6.61 Å². The molecule has 90 valence electrons. The van der Waals surface area contributed by atoms with Crippen molar-refractivity contribution in [1.29, 1.82) is 0 Å². The summed E-state index contributed by atoms with van der Waals surface area (Å²) in [5.74, 6) is 0. The van der Waals surface area contributed by atoms with E-state index in [1.807, 2.05) is 12.2 Å². The van der Waals surface area contributed by atoms with Crippen molar-refractivity contribution in [3.63, 3.8) is 0 Å². The SMILES string of the molecule is C[C@H](O)C/C=C/CO[Si](C)(C)C(C)(C)C. The molecular weight excluding hydrogens is 204 g/mol. The van der Waals surface area contributed by atoms with Crippen molar-refractivity contribution >= 4 is 8.32 Å². The third-order valence-corrected chi connectivity index (χ3v) is 7.49. The molecule has 0 aromatic heterocycles. The summed E-state index contributed by atoms with van der Waals surface area (Å²) >= 11 is 0. The average molecular weight is 230 g/mol. The van der Waals surface area contributed by atoms with Crippen LogP contribution in [-0.4, -0.2) is 26.1 Å². The molecule has 0 aliphatic rings. The minimum Gasteiger partial charge on any atom is -0.413 e. The van der Waals surface area contributed by atoms with Crippen LogP contribution in [0.15, 0.2) is 12.2 Å². The monoisotopic (exact) mass is 230 g/mol. The highest BCUT2D eigenvalue weighted by atomic mass is 28.4. The maximum Gasteiger partial charge on any atom is 0.192 e. The van der Waals surface area contributed by atoms with Crippen molar-refractivity contribution in [2.45, 2.75) is 58.4 Å². The molecule has 0 unspecified atom stereocenters. The average Bonchev–Trinajstić information content (AvgIpc) is 2.00. The summed E-state index contributed by atoms with van der Waals surface area (Å²) in [6.07, 6.45) is 4.44. The molecule has 0 aromatic carbocycles. The summed E-state index contributed by atoms with van der Waals surface area (Å²) in [7, 11) is -1.60. The fraction of sp³-hybridized carbons (Fsp3) is 0.833. The molecule has 0 bridgehead atoms. The van der Waals surface area contributed by atoms with Gasteiger partial charge in [-0.05, 0) is 31.5 Å². The molecule has 0 radical (unpaired) electrons. The third-order valence-electron chi connectivity index (χ3n) is 2.99. The van der Waals surface area contributed by atoms with Gasteiger partial charge >= 0.3 is 0 Å². The lowest BCUT2D eigenvalue weighted by Gasteiger charge is -2.35. The van der Waals surface area contributed by atoms with E-state index in [1.165, 1.54) is 0 Å². The Morgan fingerprint density at radius 3 is 2.20 bits per heavy atom. The van der Waals surface area contributed by atoms with Gasteiger partial charge in [-0.1, -0.05) is 32.9 Å². The molecule has 0 amide bonds. The van der Waals surface area contributed by atoms with E-state index in [1.54, 1.807) is 6.92 Å². The lowest BCUT2D eigenvalue weighted by atomic mass is 10.2.